The van der Waals surface area contributed by atoms with E-state index < -0.39 is 0 Å². The summed E-state index contributed by atoms with van der Waals surface area (Å²) in [7, 11) is 0. The summed E-state index contributed by atoms with van der Waals surface area (Å²) in [6.45, 7) is 2.62. The standard InChI is InChI=1S/C19H19FN4S/c1-2-14-6-8-17(9-7-14)21-19(25)22-18-10-11-24(23-18)13-15-4-3-5-16(20)12-15/h3-12H,2,13H2,1H3,(H2,21,22,23,25). The molecule has 0 aliphatic rings. The van der Waals surface area contributed by atoms with Gasteiger partial charge in [0.1, 0.15) is 5.82 Å². The van der Waals surface area contributed by atoms with Crippen molar-refractivity contribution in [3.8, 4) is 0 Å². The van der Waals surface area contributed by atoms with E-state index in [0.717, 1.165) is 17.7 Å². The lowest BCUT2D eigenvalue weighted by atomic mass is 10.1. The number of halogens is 1. The second-order valence-electron chi connectivity index (χ2n) is 5.66. The summed E-state index contributed by atoms with van der Waals surface area (Å²) in [4.78, 5) is 0. The molecular formula is C19H19FN4S. The molecule has 0 amide bonds. The predicted octanol–water partition coefficient (Wildman–Crippen LogP) is 4.44. The minimum atomic E-state index is -0.248. The molecule has 0 aliphatic heterocycles. The van der Waals surface area contributed by atoms with Crippen molar-refractivity contribution in [2.45, 2.75) is 19.9 Å². The minimum Gasteiger partial charge on any atom is -0.332 e. The molecule has 3 aromatic rings. The van der Waals surface area contributed by atoms with E-state index in [-0.39, 0.29) is 5.82 Å². The molecule has 0 fully saturated rings. The summed E-state index contributed by atoms with van der Waals surface area (Å²) in [6, 6.07) is 16.4. The van der Waals surface area contributed by atoms with Crippen LogP contribution in [0.3, 0.4) is 0 Å². The molecule has 0 bridgehead atoms. The maximum atomic E-state index is 13.2. The van der Waals surface area contributed by atoms with Crippen LogP contribution in [0.1, 0.15) is 18.1 Å². The topological polar surface area (TPSA) is 41.9 Å². The van der Waals surface area contributed by atoms with Crippen LogP contribution >= 0.6 is 12.2 Å². The Bertz CT molecular complexity index is 858. The van der Waals surface area contributed by atoms with E-state index in [9.17, 15) is 4.39 Å². The van der Waals surface area contributed by atoms with E-state index in [0.29, 0.717) is 17.5 Å². The van der Waals surface area contributed by atoms with Gasteiger partial charge in [-0.05, 0) is 54.0 Å². The number of rotatable bonds is 5. The molecule has 0 atom stereocenters. The van der Waals surface area contributed by atoms with Crippen molar-refractivity contribution in [2.75, 3.05) is 10.6 Å². The van der Waals surface area contributed by atoms with Gasteiger partial charge in [0.15, 0.2) is 10.9 Å². The summed E-state index contributed by atoms with van der Waals surface area (Å²) in [5, 5.41) is 11.1. The van der Waals surface area contributed by atoms with Gasteiger partial charge < -0.3 is 10.6 Å². The molecule has 1 heterocycles. The highest BCUT2D eigenvalue weighted by Crippen LogP contribution is 2.12. The summed E-state index contributed by atoms with van der Waals surface area (Å²) < 4.78 is 15.0. The zero-order chi connectivity index (χ0) is 17.6. The first kappa shape index (κ1) is 17.1. The fourth-order valence-electron chi connectivity index (χ4n) is 2.44. The number of hydrogen-bond donors (Lipinski definition) is 2. The zero-order valence-electron chi connectivity index (χ0n) is 13.9. The molecule has 3 rings (SSSR count). The fourth-order valence-corrected chi connectivity index (χ4v) is 2.66. The van der Waals surface area contributed by atoms with Crippen LogP contribution in [0, 0.1) is 5.82 Å². The normalized spacial score (nSPS) is 10.5. The van der Waals surface area contributed by atoms with E-state index in [1.54, 1.807) is 10.7 Å². The number of aromatic nitrogens is 2. The van der Waals surface area contributed by atoms with Crippen molar-refractivity contribution in [3.63, 3.8) is 0 Å². The van der Waals surface area contributed by atoms with Gasteiger partial charge in [0.2, 0.25) is 0 Å². The second-order valence-corrected chi connectivity index (χ2v) is 6.07. The van der Waals surface area contributed by atoms with Crippen LogP contribution in [-0.4, -0.2) is 14.9 Å². The summed E-state index contributed by atoms with van der Waals surface area (Å²) in [5.74, 6) is 0.390. The highest BCUT2D eigenvalue weighted by molar-refractivity contribution is 7.80. The number of benzene rings is 2. The van der Waals surface area contributed by atoms with Crippen LogP contribution in [0.4, 0.5) is 15.9 Å². The van der Waals surface area contributed by atoms with E-state index >= 15 is 0 Å². The summed E-state index contributed by atoms with van der Waals surface area (Å²) in [6.07, 6.45) is 2.83. The van der Waals surface area contributed by atoms with Crippen LogP contribution in [0.25, 0.3) is 0 Å². The van der Waals surface area contributed by atoms with Crippen LogP contribution in [0.15, 0.2) is 60.8 Å². The summed E-state index contributed by atoms with van der Waals surface area (Å²) in [5.41, 5.74) is 3.06. The van der Waals surface area contributed by atoms with Gasteiger partial charge in [-0.3, -0.25) is 4.68 Å². The molecule has 1 aromatic heterocycles. The number of aryl methyl sites for hydroxylation is 1. The molecule has 6 heteroatoms. The van der Waals surface area contributed by atoms with Gasteiger partial charge in [-0.15, -0.1) is 0 Å². The van der Waals surface area contributed by atoms with Crippen molar-refractivity contribution >= 4 is 28.8 Å². The van der Waals surface area contributed by atoms with E-state index in [1.165, 1.54) is 17.7 Å². The minimum absolute atomic E-state index is 0.248. The molecule has 2 N–H and O–H groups in total. The zero-order valence-corrected chi connectivity index (χ0v) is 14.7. The van der Waals surface area contributed by atoms with Crippen molar-refractivity contribution in [1.29, 1.82) is 0 Å². The highest BCUT2D eigenvalue weighted by atomic mass is 32.1. The lowest BCUT2D eigenvalue weighted by Crippen LogP contribution is -2.19. The first-order valence-electron chi connectivity index (χ1n) is 8.07. The smallest absolute Gasteiger partial charge is 0.176 e. The molecule has 0 unspecified atom stereocenters. The van der Waals surface area contributed by atoms with Gasteiger partial charge in [0, 0.05) is 18.0 Å². The molecule has 0 spiro atoms. The molecule has 128 valence electrons. The fraction of sp³-hybridized carbons (Fsp3) is 0.158. The third kappa shape index (κ3) is 4.87. The van der Waals surface area contributed by atoms with Gasteiger partial charge >= 0.3 is 0 Å². The number of anilines is 2. The van der Waals surface area contributed by atoms with Crippen molar-refractivity contribution in [2.24, 2.45) is 0 Å². The Morgan fingerprint density at radius 2 is 1.88 bits per heavy atom. The molecule has 25 heavy (non-hydrogen) atoms. The van der Waals surface area contributed by atoms with Crippen LogP contribution in [0.5, 0.6) is 0 Å². The maximum Gasteiger partial charge on any atom is 0.176 e. The van der Waals surface area contributed by atoms with Crippen LogP contribution in [0.2, 0.25) is 0 Å². The lowest BCUT2D eigenvalue weighted by molar-refractivity contribution is 0.619. The lowest BCUT2D eigenvalue weighted by Gasteiger charge is -2.09. The first-order chi connectivity index (χ1) is 12.1. The van der Waals surface area contributed by atoms with Crippen LogP contribution in [-0.2, 0) is 13.0 Å². The molecule has 0 radical (unpaired) electrons. The first-order valence-corrected chi connectivity index (χ1v) is 8.48. The summed E-state index contributed by atoms with van der Waals surface area (Å²) >= 11 is 5.31. The van der Waals surface area contributed by atoms with Crippen molar-refractivity contribution < 1.29 is 4.39 Å². The Morgan fingerprint density at radius 1 is 1.08 bits per heavy atom. The number of nitrogens with zero attached hydrogens (tertiary/aromatic N) is 2. The Hall–Kier alpha value is -2.73. The number of thiocarbonyl (C=S) groups is 1. The van der Waals surface area contributed by atoms with E-state index in [4.69, 9.17) is 12.2 Å². The van der Waals surface area contributed by atoms with Gasteiger partial charge in [-0.25, -0.2) is 4.39 Å². The Kier molecular flexibility index (Phi) is 5.40. The highest BCUT2D eigenvalue weighted by Gasteiger charge is 2.04. The largest absolute Gasteiger partial charge is 0.332 e. The van der Waals surface area contributed by atoms with Gasteiger partial charge in [-0.2, -0.15) is 5.10 Å². The monoisotopic (exact) mass is 354 g/mol. The molecule has 4 nitrogen and oxygen atoms in total. The third-order valence-corrected chi connectivity index (χ3v) is 3.94. The SMILES string of the molecule is CCc1ccc(NC(=S)Nc2ccn(Cc3cccc(F)c3)n2)cc1. The van der Waals surface area contributed by atoms with Gasteiger partial charge in [0.05, 0.1) is 6.54 Å². The Labute approximate surface area is 151 Å². The average molecular weight is 354 g/mol. The second kappa shape index (κ2) is 7.90. The molecule has 0 saturated carbocycles. The predicted molar refractivity (Wildman–Crippen MR) is 103 cm³/mol. The van der Waals surface area contributed by atoms with Crippen molar-refractivity contribution in [3.05, 3.63) is 77.7 Å². The Balaban J connectivity index is 1.57. The molecular weight excluding hydrogens is 335 g/mol. The van der Waals surface area contributed by atoms with Gasteiger partial charge in [0.25, 0.3) is 0 Å². The van der Waals surface area contributed by atoms with E-state index in [1.807, 2.05) is 30.5 Å². The van der Waals surface area contributed by atoms with Gasteiger partial charge in [-0.1, -0.05) is 31.2 Å². The number of hydrogen-bond acceptors (Lipinski definition) is 2. The third-order valence-electron chi connectivity index (χ3n) is 3.74. The Morgan fingerprint density at radius 3 is 2.60 bits per heavy atom. The van der Waals surface area contributed by atoms with Crippen LogP contribution < -0.4 is 10.6 Å². The quantitative estimate of drug-likeness (QED) is 0.665. The molecule has 0 saturated heterocycles. The average Bonchev–Trinajstić information content (AvgIpc) is 3.02. The number of nitrogens with one attached hydrogen (secondary N) is 2. The molecule has 0 aliphatic carbocycles. The molecule has 2 aromatic carbocycles. The maximum absolute atomic E-state index is 13.2. The van der Waals surface area contributed by atoms with Crippen molar-refractivity contribution in [1.82, 2.24) is 9.78 Å². The van der Waals surface area contributed by atoms with E-state index in [2.05, 4.69) is 34.8 Å².